The van der Waals surface area contributed by atoms with Crippen LogP contribution < -0.4 is 16.2 Å². The van der Waals surface area contributed by atoms with Gasteiger partial charge in [-0.2, -0.15) is 9.29 Å². The first kappa shape index (κ1) is 26.2. The second kappa shape index (κ2) is 10.8. The lowest BCUT2D eigenvalue weighted by Gasteiger charge is -2.26. The van der Waals surface area contributed by atoms with Gasteiger partial charge in [0.05, 0.1) is 11.4 Å². The zero-order chi connectivity index (χ0) is 26.9. The van der Waals surface area contributed by atoms with Gasteiger partial charge in [-0.05, 0) is 31.2 Å². The van der Waals surface area contributed by atoms with E-state index in [1.807, 2.05) is 31.2 Å². The largest absolute Gasteiger partial charge is 0.357 e. The van der Waals surface area contributed by atoms with E-state index in [4.69, 9.17) is 11.6 Å². The van der Waals surface area contributed by atoms with Crippen LogP contribution in [0.15, 0.2) is 53.5 Å². The maximum atomic E-state index is 13.8. The lowest BCUT2D eigenvalue weighted by Crippen LogP contribution is -2.47. The number of aryl methyl sites for hydroxylation is 2. The van der Waals surface area contributed by atoms with Crippen LogP contribution >= 0.6 is 11.6 Å². The highest BCUT2D eigenvalue weighted by atomic mass is 35.5. The summed E-state index contributed by atoms with van der Waals surface area (Å²) in [5.41, 5.74) is 3.34. The number of piperazine rings is 1. The summed E-state index contributed by atoms with van der Waals surface area (Å²) in [6.45, 7) is 3.87. The molecule has 10 nitrogen and oxygen atoms in total. The summed E-state index contributed by atoms with van der Waals surface area (Å²) in [6.07, 6.45) is 1.61. The van der Waals surface area contributed by atoms with E-state index in [9.17, 15) is 13.2 Å². The van der Waals surface area contributed by atoms with Crippen molar-refractivity contribution in [1.82, 2.24) is 29.1 Å². The molecule has 1 fully saturated rings. The minimum atomic E-state index is -3.57. The third-order valence-corrected chi connectivity index (χ3v) is 8.70. The predicted molar refractivity (Wildman–Crippen MR) is 150 cm³/mol. The first-order chi connectivity index (χ1) is 18.3. The van der Waals surface area contributed by atoms with Gasteiger partial charge in [-0.25, -0.2) is 13.4 Å². The van der Waals surface area contributed by atoms with Crippen LogP contribution in [0, 0.1) is 6.92 Å². The molecule has 3 aromatic heterocycles. The molecule has 1 aliphatic heterocycles. The lowest BCUT2D eigenvalue weighted by atomic mass is 10.0. The topological polar surface area (TPSA) is 122 Å². The van der Waals surface area contributed by atoms with Crippen LogP contribution in [-0.4, -0.2) is 71.2 Å². The molecule has 0 saturated carbocycles. The SMILES string of the molecule is CNc1ncc2cc(-c3ccc(-c4cccc(C)n4)cc3Cl)c(=O)n(CCS(=O)(=O)N3CCNCC3)c2n1. The van der Waals surface area contributed by atoms with E-state index in [-0.39, 0.29) is 17.9 Å². The molecule has 0 unspecified atom stereocenters. The standard InChI is InChI=1S/C26H28ClN7O3S/c1-17-4-3-5-23(31-17)18-6-7-20(22(27)15-18)21-14-19-16-30-26(28-2)32-24(19)34(25(21)35)12-13-38(36,37)33-10-8-29-9-11-33/h3-7,14-16,29H,8-13H2,1-2H3,(H,28,30,32). The van der Waals surface area contributed by atoms with Crippen LogP contribution in [-0.2, 0) is 16.6 Å². The highest BCUT2D eigenvalue weighted by Crippen LogP contribution is 2.31. The van der Waals surface area contributed by atoms with Crippen molar-refractivity contribution >= 4 is 38.6 Å². The Morgan fingerprint density at radius 2 is 1.87 bits per heavy atom. The molecular weight excluding hydrogens is 526 g/mol. The average Bonchev–Trinajstić information content (AvgIpc) is 2.92. The van der Waals surface area contributed by atoms with Crippen molar-refractivity contribution in [3.8, 4) is 22.4 Å². The van der Waals surface area contributed by atoms with Gasteiger partial charge in [0.1, 0.15) is 5.65 Å². The van der Waals surface area contributed by atoms with E-state index in [0.29, 0.717) is 59.3 Å². The monoisotopic (exact) mass is 553 g/mol. The molecule has 38 heavy (non-hydrogen) atoms. The molecule has 1 aliphatic rings. The number of anilines is 1. The highest BCUT2D eigenvalue weighted by molar-refractivity contribution is 7.89. The smallest absolute Gasteiger partial charge is 0.260 e. The second-order valence-electron chi connectivity index (χ2n) is 9.06. The maximum Gasteiger partial charge on any atom is 0.260 e. The van der Waals surface area contributed by atoms with Crippen molar-refractivity contribution in [1.29, 1.82) is 0 Å². The molecule has 198 valence electrons. The normalized spacial score (nSPS) is 14.6. The molecule has 0 atom stereocenters. The minimum absolute atomic E-state index is 0.0570. The van der Waals surface area contributed by atoms with Crippen LogP contribution in [0.4, 0.5) is 5.95 Å². The van der Waals surface area contributed by atoms with E-state index in [2.05, 4.69) is 25.6 Å². The van der Waals surface area contributed by atoms with Crippen LogP contribution in [0.3, 0.4) is 0 Å². The Labute approximate surface area is 225 Å². The predicted octanol–water partition coefficient (Wildman–Crippen LogP) is 2.76. The van der Waals surface area contributed by atoms with Crippen molar-refractivity contribution in [2.24, 2.45) is 0 Å². The highest BCUT2D eigenvalue weighted by Gasteiger charge is 2.25. The van der Waals surface area contributed by atoms with Crippen LogP contribution in [0.1, 0.15) is 5.69 Å². The Morgan fingerprint density at radius 3 is 2.58 bits per heavy atom. The third-order valence-electron chi connectivity index (χ3n) is 6.54. The molecule has 1 aromatic carbocycles. The van der Waals surface area contributed by atoms with Gasteiger partial charge >= 0.3 is 0 Å². The Bertz CT molecular complexity index is 1670. The number of sulfonamides is 1. The number of nitrogens with zero attached hydrogens (tertiary/aromatic N) is 5. The average molecular weight is 554 g/mol. The number of hydrogen-bond donors (Lipinski definition) is 2. The summed E-state index contributed by atoms with van der Waals surface area (Å²) < 4.78 is 29.0. The van der Waals surface area contributed by atoms with Gasteiger partial charge in [0.25, 0.3) is 5.56 Å². The molecule has 4 heterocycles. The van der Waals surface area contributed by atoms with Gasteiger partial charge in [-0.3, -0.25) is 14.3 Å². The van der Waals surface area contributed by atoms with Gasteiger partial charge in [0, 0.05) is 78.8 Å². The van der Waals surface area contributed by atoms with Crippen LogP contribution in [0.5, 0.6) is 0 Å². The molecule has 5 rings (SSSR count). The minimum Gasteiger partial charge on any atom is -0.357 e. The molecule has 0 bridgehead atoms. The maximum absolute atomic E-state index is 13.8. The van der Waals surface area contributed by atoms with Crippen molar-refractivity contribution in [3.05, 3.63) is 69.7 Å². The quantitative estimate of drug-likeness (QED) is 0.358. The van der Waals surface area contributed by atoms with Gasteiger partial charge in [-0.1, -0.05) is 29.8 Å². The van der Waals surface area contributed by atoms with Crippen LogP contribution in [0.25, 0.3) is 33.4 Å². The van der Waals surface area contributed by atoms with Crippen LogP contribution in [0.2, 0.25) is 5.02 Å². The summed E-state index contributed by atoms with van der Waals surface area (Å²) in [5.74, 6) is 0.104. The number of pyridine rings is 2. The molecule has 1 saturated heterocycles. The molecular formula is C26H28ClN7O3S. The Morgan fingerprint density at radius 1 is 1.08 bits per heavy atom. The van der Waals surface area contributed by atoms with Crippen molar-refractivity contribution in [3.63, 3.8) is 0 Å². The number of hydrogen-bond acceptors (Lipinski definition) is 8. The number of benzene rings is 1. The fourth-order valence-corrected chi connectivity index (χ4v) is 6.23. The van der Waals surface area contributed by atoms with E-state index in [1.165, 1.54) is 8.87 Å². The summed E-state index contributed by atoms with van der Waals surface area (Å²) in [4.78, 5) is 27.1. The summed E-state index contributed by atoms with van der Waals surface area (Å²) in [6, 6.07) is 12.9. The summed E-state index contributed by atoms with van der Waals surface area (Å²) >= 11 is 6.70. The van der Waals surface area contributed by atoms with E-state index < -0.39 is 10.0 Å². The van der Waals surface area contributed by atoms with Gasteiger partial charge in [0.15, 0.2) is 0 Å². The zero-order valence-corrected chi connectivity index (χ0v) is 22.7. The molecule has 12 heteroatoms. The number of halogens is 1. The molecule has 0 aliphatic carbocycles. The fraction of sp³-hybridized carbons (Fsp3) is 0.308. The first-order valence-corrected chi connectivity index (χ1v) is 14.3. The van der Waals surface area contributed by atoms with E-state index >= 15 is 0 Å². The number of fused-ring (bicyclic) bond motifs is 1. The number of nitrogens with one attached hydrogen (secondary N) is 2. The molecule has 0 radical (unpaired) electrons. The second-order valence-corrected chi connectivity index (χ2v) is 11.6. The summed E-state index contributed by atoms with van der Waals surface area (Å²) in [5, 5.41) is 7.01. The Balaban J connectivity index is 1.58. The van der Waals surface area contributed by atoms with Crippen molar-refractivity contribution in [2.75, 3.05) is 44.3 Å². The van der Waals surface area contributed by atoms with Crippen molar-refractivity contribution in [2.45, 2.75) is 13.5 Å². The lowest BCUT2D eigenvalue weighted by molar-refractivity contribution is 0.359. The molecule has 2 N–H and O–H groups in total. The van der Waals surface area contributed by atoms with Crippen molar-refractivity contribution < 1.29 is 8.42 Å². The van der Waals surface area contributed by atoms with E-state index in [1.54, 1.807) is 31.4 Å². The number of aromatic nitrogens is 4. The molecule has 0 amide bonds. The number of rotatable bonds is 7. The Hall–Kier alpha value is -3.38. The van der Waals surface area contributed by atoms with Gasteiger partial charge in [0.2, 0.25) is 16.0 Å². The van der Waals surface area contributed by atoms with Gasteiger partial charge in [-0.15, -0.1) is 0 Å². The van der Waals surface area contributed by atoms with E-state index in [0.717, 1.165) is 17.0 Å². The zero-order valence-electron chi connectivity index (χ0n) is 21.1. The van der Waals surface area contributed by atoms with Gasteiger partial charge < -0.3 is 10.6 Å². The fourth-order valence-electron chi connectivity index (χ4n) is 4.53. The molecule has 4 aromatic rings. The first-order valence-electron chi connectivity index (χ1n) is 12.3. The Kier molecular flexibility index (Phi) is 7.44. The molecule has 0 spiro atoms. The third kappa shape index (κ3) is 5.28. The summed E-state index contributed by atoms with van der Waals surface area (Å²) in [7, 11) is -1.89.